The van der Waals surface area contributed by atoms with Gasteiger partial charge in [-0.25, -0.2) is 13.9 Å². The third-order valence-electron chi connectivity index (χ3n) is 4.22. The molecule has 9 heteroatoms. The first-order valence-electron chi connectivity index (χ1n) is 7.28. The van der Waals surface area contributed by atoms with Crippen molar-refractivity contribution >= 4 is 21.5 Å². The highest BCUT2D eigenvalue weighted by molar-refractivity contribution is 7.92. The maximum absolute atomic E-state index is 12.0. The van der Waals surface area contributed by atoms with E-state index >= 15 is 0 Å². The van der Waals surface area contributed by atoms with Crippen molar-refractivity contribution in [3.05, 3.63) is 35.4 Å². The van der Waals surface area contributed by atoms with Crippen LogP contribution in [0.2, 0.25) is 0 Å². The van der Waals surface area contributed by atoms with Gasteiger partial charge in [0.05, 0.1) is 12.3 Å². The number of hydrogen-bond acceptors (Lipinski definition) is 7. The number of amides is 1. The molecule has 3 N–H and O–H groups in total. The van der Waals surface area contributed by atoms with E-state index in [4.69, 9.17) is 15.2 Å². The first kappa shape index (κ1) is 18.4. The molecule has 1 aliphatic rings. The van der Waals surface area contributed by atoms with Gasteiger partial charge < -0.3 is 9.94 Å². The van der Waals surface area contributed by atoms with Gasteiger partial charge in [0.1, 0.15) is 6.10 Å². The molecule has 2 atom stereocenters. The molecule has 0 aromatic heterocycles. The number of nitrogens with one attached hydrogen (secondary N) is 1. The summed E-state index contributed by atoms with van der Waals surface area (Å²) in [6.07, 6.45) is 0.531. The number of hydrogen-bond donors (Lipinski definition) is 3. The Balaban J connectivity index is 2.12. The van der Waals surface area contributed by atoms with Gasteiger partial charge in [-0.2, -0.15) is 0 Å². The lowest BCUT2D eigenvalue weighted by atomic mass is 9.96. The zero-order chi connectivity index (χ0) is 18.0. The van der Waals surface area contributed by atoms with Crippen LogP contribution in [-0.4, -0.2) is 47.5 Å². The van der Waals surface area contributed by atoms with Crippen LogP contribution in [0.3, 0.4) is 0 Å². The number of aliphatic hydroxyl groups excluding tert-OH is 1. The van der Waals surface area contributed by atoms with Crippen LogP contribution in [0.4, 0.5) is 0 Å². The maximum atomic E-state index is 12.0. The third kappa shape index (κ3) is 3.58. The molecule has 1 heterocycles. The van der Waals surface area contributed by atoms with E-state index < -0.39 is 26.6 Å². The maximum Gasteiger partial charge on any atom is 0.264 e. The fourth-order valence-corrected chi connectivity index (χ4v) is 3.35. The van der Waals surface area contributed by atoms with Gasteiger partial charge in [-0.05, 0) is 18.1 Å². The van der Waals surface area contributed by atoms with E-state index in [0.717, 1.165) is 17.4 Å². The summed E-state index contributed by atoms with van der Waals surface area (Å²) in [5.74, 6) is -1.01. The van der Waals surface area contributed by atoms with E-state index in [1.807, 2.05) is 0 Å². The molecule has 0 radical (unpaired) electrons. The van der Waals surface area contributed by atoms with Crippen LogP contribution in [0.5, 0.6) is 0 Å². The summed E-state index contributed by atoms with van der Waals surface area (Å²) in [5.41, 5.74) is 3.59. The van der Waals surface area contributed by atoms with E-state index in [0.29, 0.717) is 12.1 Å². The molecule has 0 aliphatic carbocycles. The second-order valence-corrected chi connectivity index (χ2v) is 8.42. The molecule has 24 heavy (non-hydrogen) atoms. The molecule has 0 fully saturated rings. The summed E-state index contributed by atoms with van der Waals surface area (Å²) in [7, 11) is -3.79. The van der Waals surface area contributed by atoms with Gasteiger partial charge in [0.25, 0.3) is 5.91 Å². The van der Waals surface area contributed by atoms with Gasteiger partial charge in [-0.1, -0.05) is 29.4 Å². The van der Waals surface area contributed by atoms with Gasteiger partial charge >= 0.3 is 0 Å². The average molecular weight is 356 g/mol. The van der Waals surface area contributed by atoms with Crippen molar-refractivity contribution in [2.24, 2.45) is 5.16 Å². The van der Waals surface area contributed by atoms with Crippen molar-refractivity contribution in [2.45, 2.75) is 37.2 Å². The van der Waals surface area contributed by atoms with E-state index in [1.165, 1.54) is 12.4 Å². The molecule has 0 saturated heterocycles. The SMILES string of the molecule is C[C@@](C[C@H]1CC(c2ccc(CO)cc2)=NO1)(C(=O)NO)S(C)(=O)=O. The highest BCUT2D eigenvalue weighted by Gasteiger charge is 2.47. The number of rotatable bonds is 6. The van der Waals surface area contributed by atoms with Crippen molar-refractivity contribution in [2.75, 3.05) is 6.26 Å². The zero-order valence-electron chi connectivity index (χ0n) is 13.4. The molecule has 2 rings (SSSR count). The largest absolute Gasteiger partial charge is 0.392 e. The van der Waals surface area contributed by atoms with Crippen LogP contribution in [0.25, 0.3) is 0 Å². The molecule has 1 aromatic carbocycles. The molecule has 1 aliphatic heterocycles. The van der Waals surface area contributed by atoms with Crippen LogP contribution < -0.4 is 5.48 Å². The molecule has 0 bridgehead atoms. The summed E-state index contributed by atoms with van der Waals surface area (Å²) in [4.78, 5) is 17.1. The monoisotopic (exact) mass is 356 g/mol. The fourth-order valence-electron chi connectivity index (χ4n) is 2.48. The Labute approximate surface area is 140 Å². The van der Waals surface area contributed by atoms with Gasteiger partial charge in [0, 0.05) is 19.1 Å². The topological polar surface area (TPSA) is 125 Å². The smallest absolute Gasteiger partial charge is 0.264 e. The minimum absolute atomic E-state index is 0.0606. The number of carbonyl (C=O) groups is 1. The lowest BCUT2D eigenvalue weighted by Gasteiger charge is -2.26. The molecule has 132 valence electrons. The van der Waals surface area contributed by atoms with E-state index in [1.54, 1.807) is 24.3 Å². The molecule has 0 saturated carbocycles. The van der Waals surface area contributed by atoms with Crippen LogP contribution >= 0.6 is 0 Å². The summed E-state index contributed by atoms with van der Waals surface area (Å²) >= 11 is 0. The van der Waals surface area contributed by atoms with Crippen LogP contribution in [0, 0.1) is 0 Å². The number of nitrogens with zero attached hydrogens (tertiary/aromatic N) is 1. The highest BCUT2D eigenvalue weighted by Crippen LogP contribution is 2.29. The molecule has 1 aromatic rings. The standard InChI is InChI=1S/C15H20N2O6S/c1-15(14(19)16-20,24(2,21)22)8-12-7-13(17-23-12)11-5-3-10(9-18)4-6-11/h3-6,12,18,20H,7-9H2,1-2H3,(H,16,19)/t12-,15-/m1/s1. The Morgan fingerprint density at radius 3 is 2.54 bits per heavy atom. The Hall–Kier alpha value is -1.97. The Bertz CT molecular complexity index is 744. The van der Waals surface area contributed by atoms with Crippen molar-refractivity contribution in [1.29, 1.82) is 0 Å². The second kappa shape index (κ2) is 6.88. The lowest BCUT2D eigenvalue weighted by molar-refractivity contribution is -0.132. The molecule has 8 nitrogen and oxygen atoms in total. The molecular formula is C15H20N2O6S. The first-order chi connectivity index (χ1) is 11.2. The van der Waals surface area contributed by atoms with Gasteiger partial charge in [-0.3, -0.25) is 10.0 Å². The van der Waals surface area contributed by atoms with Crippen molar-refractivity contribution in [1.82, 2.24) is 5.48 Å². The number of benzene rings is 1. The summed E-state index contributed by atoms with van der Waals surface area (Å²) in [5, 5.41) is 21.8. The molecule has 1 amide bonds. The molecule has 0 spiro atoms. The summed E-state index contributed by atoms with van der Waals surface area (Å²) < 4.78 is 22.1. The number of carbonyl (C=O) groups excluding carboxylic acids is 1. The normalized spacial score (nSPS) is 20.0. The lowest BCUT2D eigenvalue weighted by Crippen LogP contribution is -2.51. The minimum Gasteiger partial charge on any atom is -0.392 e. The van der Waals surface area contributed by atoms with E-state index in [2.05, 4.69) is 5.16 Å². The predicted octanol–water partition coefficient (Wildman–Crippen LogP) is 0.371. The van der Waals surface area contributed by atoms with E-state index in [9.17, 15) is 13.2 Å². The molecule has 0 unspecified atom stereocenters. The Morgan fingerprint density at radius 1 is 1.42 bits per heavy atom. The predicted molar refractivity (Wildman–Crippen MR) is 86.2 cm³/mol. The average Bonchev–Trinajstić information content (AvgIpc) is 3.01. The van der Waals surface area contributed by atoms with Gasteiger partial charge in [0.15, 0.2) is 14.6 Å². The summed E-state index contributed by atoms with van der Waals surface area (Å²) in [6, 6.07) is 7.08. The fraction of sp³-hybridized carbons (Fsp3) is 0.467. The van der Waals surface area contributed by atoms with Crippen LogP contribution in [0.15, 0.2) is 29.4 Å². The highest BCUT2D eigenvalue weighted by atomic mass is 32.2. The minimum atomic E-state index is -3.79. The third-order valence-corrected chi connectivity index (χ3v) is 6.21. The molecular weight excluding hydrogens is 336 g/mol. The second-order valence-electron chi connectivity index (χ2n) is 5.97. The van der Waals surface area contributed by atoms with Crippen molar-refractivity contribution in [3.63, 3.8) is 0 Å². The van der Waals surface area contributed by atoms with E-state index in [-0.39, 0.29) is 13.0 Å². The van der Waals surface area contributed by atoms with Gasteiger partial charge in [0.2, 0.25) is 0 Å². The van der Waals surface area contributed by atoms with Crippen molar-refractivity contribution in [3.8, 4) is 0 Å². The van der Waals surface area contributed by atoms with Gasteiger partial charge in [-0.15, -0.1) is 0 Å². The zero-order valence-corrected chi connectivity index (χ0v) is 14.2. The quantitative estimate of drug-likeness (QED) is 0.499. The van der Waals surface area contributed by atoms with Crippen LogP contribution in [-0.2, 0) is 26.1 Å². The first-order valence-corrected chi connectivity index (χ1v) is 9.17. The number of sulfone groups is 1. The summed E-state index contributed by atoms with van der Waals surface area (Å²) in [6.45, 7) is 1.18. The Kier molecular flexibility index (Phi) is 5.26. The number of aliphatic hydroxyl groups is 1. The van der Waals surface area contributed by atoms with Crippen LogP contribution in [0.1, 0.15) is 30.9 Å². The Morgan fingerprint density at radius 2 is 2.04 bits per heavy atom. The number of hydroxylamine groups is 1. The number of oxime groups is 1. The van der Waals surface area contributed by atoms with Crippen molar-refractivity contribution < 1.29 is 28.4 Å².